The molecule has 0 spiro atoms. The largest absolute Gasteiger partial charge is 0.383 e. The van der Waals surface area contributed by atoms with E-state index in [4.69, 9.17) is 16.3 Å². The van der Waals surface area contributed by atoms with Gasteiger partial charge in [-0.25, -0.2) is 9.97 Å². The van der Waals surface area contributed by atoms with Crippen molar-refractivity contribution < 1.29 is 14.3 Å². The van der Waals surface area contributed by atoms with E-state index in [1.807, 2.05) is 54.6 Å². The Labute approximate surface area is 245 Å². The van der Waals surface area contributed by atoms with Gasteiger partial charge in [-0.05, 0) is 34.9 Å². The lowest BCUT2D eigenvalue weighted by molar-refractivity contribution is -0.143. The fraction of sp³-hybridized carbons (Fsp3) is 0.219. The Morgan fingerprint density at radius 1 is 0.927 bits per heavy atom. The van der Waals surface area contributed by atoms with E-state index in [-0.39, 0.29) is 18.4 Å². The minimum Gasteiger partial charge on any atom is -0.383 e. The van der Waals surface area contributed by atoms with Crippen LogP contribution < -0.4 is 0 Å². The molecule has 2 aromatic heterocycles. The summed E-state index contributed by atoms with van der Waals surface area (Å²) >= 11 is 5.96. The number of pyridine rings is 1. The van der Waals surface area contributed by atoms with Crippen LogP contribution in [0.1, 0.15) is 16.8 Å². The topological polar surface area (TPSA) is 88.5 Å². The minimum absolute atomic E-state index is 0.171. The van der Waals surface area contributed by atoms with Crippen molar-refractivity contribution in [3.05, 3.63) is 120 Å². The molecule has 210 valence electrons. The predicted octanol–water partition coefficient (Wildman–Crippen LogP) is 4.95. The summed E-state index contributed by atoms with van der Waals surface area (Å²) in [4.78, 5) is 43.3. The predicted molar refractivity (Wildman–Crippen MR) is 160 cm³/mol. The highest BCUT2D eigenvalue weighted by atomic mass is 35.5. The lowest BCUT2D eigenvalue weighted by atomic mass is 10.0. The van der Waals surface area contributed by atoms with E-state index < -0.39 is 6.04 Å². The molecule has 41 heavy (non-hydrogen) atoms. The number of hydrogen-bond donors (Lipinski definition) is 0. The van der Waals surface area contributed by atoms with Gasteiger partial charge in [0.05, 0.1) is 17.3 Å². The van der Waals surface area contributed by atoms with E-state index in [1.54, 1.807) is 54.6 Å². The number of hydrogen-bond acceptors (Lipinski definition) is 6. The van der Waals surface area contributed by atoms with Crippen molar-refractivity contribution in [3.8, 4) is 11.1 Å². The molecular formula is C32H32ClN5O3. The first-order chi connectivity index (χ1) is 19.9. The first kappa shape index (κ1) is 29.6. The van der Waals surface area contributed by atoms with Gasteiger partial charge >= 0.3 is 0 Å². The average Bonchev–Trinajstić information content (AvgIpc) is 3.02. The lowest BCUT2D eigenvalue weighted by Crippen LogP contribution is -2.51. The standard InChI is InChI=1S/C32H32ClN5O3/c1-37(16-17-41-2)32(40)30(18-24-6-4-3-5-7-24)38(31(39)15-14-29-13-12-28(33)21-36-29)22-25-8-10-26(11-9-25)27-19-34-23-35-20-27/h3-15,19-21,23,30H,16-18,22H2,1-2H3/b15-14+/t30-/m0/s1. The summed E-state index contributed by atoms with van der Waals surface area (Å²) < 4.78 is 5.20. The summed E-state index contributed by atoms with van der Waals surface area (Å²) in [5, 5.41) is 0.508. The van der Waals surface area contributed by atoms with Crippen LogP contribution in [0.2, 0.25) is 5.02 Å². The number of amides is 2. The molecule has 0 N–H and O–H groups in total. The van der Waals surface area contributed by atoms with Crippen LogP contribution in [0.5, 0.6) is 0 Å². The third-order valence-electron chi connectivity index (χ3n) is 6.57. The number of benzene rings is 2. The van der Waals surface area contributed by atoms with Crippen molar-refractivity contribution in [2.24, 2.45) is 0 Å². The van der Waals surface area contributed by atoms with Gasteiger partial charge in [0.1, 0.15) is 12.4 Å². The molecule has 0 aliphatic carbocycles. The van der Waals surface area contributed by atoms with Gasteiger partial charge in [-0.15, -0.1) is 0 Å². The number of nitrogens with zero attached hydrogens (tertiary/aromatic N) is 5. The maximum absolute atomic E-state index is 13.9. The second-order valence-corrected chi connectivity index (χ2v) is 9.92. The number of ether oxygens (including phenoxy) is 1. The van der Waals surface area contributed by atoms with Crippen LogP contribution in [0.3, 0.4) is 0 Å². The summed E-state index contributed by atoms with van der Waals surface area (Å²) in [5.74, 6) is -0.480. The zero-order chi connectivity index (χ0) is 29.0. The van der Waals surface area contributed by atoms with Gasteiger partial charge in [-0.3, -0.25) is 14.6 Å². The zero-order valence-electron chi connectivity index (χ0n) is 23.1. The van der Waals surface area contributed by atoms with Crippen LogP contribution in [0.15, 0.2) is 97.7 Å². The molecular weight excluding hydrogens is 538 g/mol. The van der Waals surface area contributed by atoms with Gasteiger partial charge in [0, 0.05) is 63.9 Å². The monoisotopic (exact) mass is 569 g/mol. The van der Waals surface area contributed by atoms with E-state index in [2.05, 4.69) is 15.0 Å². The smallest absolute Gasteiger partial charge is 0.247 e. The Balaban J connectivity index is 1.68. The van der Waals surface area contributed by atoms with Crippen LogP contribution in [-0.4, -0.2) is 69.9 Å². The third kappa shape index (κ3) is 8.54. The quantitative estimate of drug-likeness (QED) is 0.224. The molecule has 0 fully saturated rings. The molecule has 9 heteroatoms. The minimum atomic E-state index is -0.753. The molecule has 0 unspecified atom stereocenters. The Morgan fingerprint density at radius 2 is 1.66 bits per heavy atom. The number of halogens is 1. The third-order valence-corrected chi connectivity index (χ3v) is 6.79. The van der Waals surface area contributed by atoms with Crippen molar-refractivity contribution in [1.29, 1.82) is 0 Å². The second kappa shape index (κ2) is 14.8. The summed E-state index contributed by atoms with van der Waals surface area (Å²) in [5.41, 5.74) is 4.26. The highest BCUT2D eigenvalue weighted by Gasteiger charge is 2.31. The maximum atomic E-state index is 13.9. The SMILES string of the molecule is COCCN(C)C(=O)[C@H](Cc1ccccc1)N(Cc1ccc(-c2cncnc2)cc1)C(=O)/C=C/c1ccc(Cl)cn1. The Kier molecular flexibility index (Phi) is 10.7. The Morgan fingerprint density at radius 3 is 2.32 bits per heavy atom. The summed E-state index contributed by atoms with van der Waals surface area (Å²) in [6.07, 6.45) is 9.94. The van der Waals surface area contributed by atoms with E-state index in [0.29, 0.717) is 30.3 Å². The second-order valence-electron chi connectivity index (χ2n) is 9.48. The molecule has 4 aromatic rings. The van der Waals surface area contributed by atoms with Crippen LogP contribution in [-0.2, 0) is 27.3 Å². The number of aromatic nitrogens is 3. The van der Waals surface area contributed by atoms with Crippen LogP contribution in [0.4, 0.5) is 0 Å². The van der Waals surface area contributed by atoms with Crippen molar-refractivity contribution in [1.82, 2.24) is 24.8 Å². The molecule has 4 rings (SSSR count). The van der Waals surface area contributed by atoms with E-state index >= 15 is 0 Å². The summed E-state index contributed by atoms with van der Waals surface area (Å²) in [7, 11) is 3.32. The van der Waals surface area contributed by atoms with Gasteiger partial charge in [-0.2, -0.15) is 0 Å². The molecule has 2 aromatic carbocycles. The van der Waals surface area contributed by atoms with Gasteiger partial charge in [0.25, 0.3) is 0 Å². The normalized spacial score (nSPS) is 11.8. The van der Waals surface area contributed by atoms with Crippen molar-refractivity contribution in [2.75, 3.05) is 27.3 Å². The first-order valence-corrected chi connectivity index (χ1v) is 13.5. The molecule has 0 radical (unpaired) electrons. The number of methoxy groups -OCH3 is 1. The molecule has 2 heterocycles. The first-order valence-electron chi connectivity index (χ1n) is 13.2. The molecule has 0 saturated carbocycles. The van der Waals surface area contributed by atoms with E-state index in [0.717, 1.165) is 22.3 Å². The van der Waals surface area contributed by atoms with Gasteiger partial charge in [0.15, 0.2) is 0 Å². The van der Waals surface area contributed by atoms with Gasteiger partial charge in [0.2, 0.25) is 11.8 Å². The molecule has 0 saturated heterocycles. The lowest BCUT2D eigenvalue weighted by Gasteiger charge is -2.33. The molecule has 0 aliphatic rings. The molecule has 0 aliphatic heterocycles. The Hall–Kier alpha value is -4.40. The van der Waals surface area contributed by atoms with Crippen LogP contribution in [0, 0.1) is 0 Å². The van der Waals surface area contributed by atoms with Crippen LogP contribution in [0.25, 0.3) is 17.2 Å². The number of likely N-dealkylation sites (N-methyl/N-ethyl adjacent to an activating group) is 1. The van der Waals surface area contributed by atoms with Crippen molar-refractivity contribution in [2.45, 2.75) is 19.0 Å². The average molecular weight is 570 g/mol. The van der Waals surface area contributed by atoms with Crippen molar-refractivity contribution in [3.63, 3.8) is 0 Å². The molecule has 0 bridgehead atoms. The zero-order valence-corrected chi connectivity index (χ0v) is 23.8. The Bertz CT molecular complexity index is 1430. The highest BCUT2D eigenvalue weighted by molar-refractivity contribution is 6.30. The van der Waals surface area contributed by atoms with Crippen LogP contribution >= 0.6 is 11.6 Å². The molecule has 1 atom stereocenters. The number of rotatable bonds is 12. The number of carbonyl (C=O) groups excluding carboxylic acids is 2. The fourth-order valence-electron chi connectivity index (χ4n) is 4.29. The summed E-state index contributed by atoms with van der Waals surface area (Å²) in [6, 6.07) is 20.2. The van der Waals surface area contributed by atoms with Gasteiger partial charge in [-0.1, -0.05) is 66.2 Å². The molecule has 2 amide bonds. The maximum Gasteiger partial charge on any atom is 0.247 e. The molecule has 8 nitrogen and oxygen atoms in total. The summed E-state index contributed by atoms with van der Waals surface area (Å²) in [6.45, 7) is 1.02. The highest BCUT2D eigenvalue weighted by Crippen LogP contribution is 2.21. The fourth-order valence-corrected chi connectivity index (χ4v) is 4.40. The van der Waals surface area contributed by atoms with Gasteiger partial charge < -0.3 is 14.5 Å². The van der Waals surface area contributed by atoms with Crippen molar-refractivity contribution >= 4 is 29.5 Å². The number of carbonyl (C=O) groups is 2. The van der Waals surface area contributed by atoms with E-state index in [1.165, 1.54) is 18.6 Å². The van der Waals surface area contributed by atoms with E-state index in [9.17, 15) is 9.59 Å².